The predicted octanol–water partition coefficient (Wildman–Crippen LogP) is 4.32. The number of esters is 4. The molecule has 1 aromatic carbocycles. The summed E-state index contributed by atoms with van der Waals surface area (Å²) in [5, 5.41) is 0. The maximum Gasteiger partial charge on any atom is 0.344 e. The van der Waals surface area contributed by atoms with Gasteiger partial charge in [0.1, 0.15) is 18.3 Å². The van der Waals surface area contributed by atoms with Crippen molar-refractivity contribution in [3.05, 3.63) is 47.5 Å². The van der Waals surface area contributed by atoms with E-state index in [1.807, 2.05) is 0 Å². The summed E-state index contributed by atoms with van der Waals surface area (Å²) in [7, 11) is 0. The van der Waals surface area contributed by atoms with E-state index >= 15 is 0 Å². The maximum atomic E-state index is 12.5. The molecule has 1 heterocycles. The number of rotatable bonds is 8. The van der Waals surface area contributed by atoms with Gasteiger partial charge < -0.3 is 18.9 Å². The number of cyclic esters (lactones) is 1. The van der Waals surface area contributed by atoms with Crippen molar-refractivity contribution in [1.82, 2.24) is 0 Å². The first-order valence-corrected chi connectivity index (χ1v) is 12.1. The van der Waals surface area contributed by atoms with E-state index in [2.05, 4.69) is 13.5 Å². The van der Waals surface area contributed by atoms with Gasteiger partial charge in [-0.2, -0.15) is 0 Å². The number of benzene rings is 1. The molecule has 2 bridgehead atoms. The van der Waals surface area contributed by atoms with Gasteiger partial charge >= 0.3 is 23.9 Å². The molecular weight excluding hydrogens is 452 g/mol. The van der Waals surface area contributed by atoms with Crippen LogP contribution in [0.15, 0.2) is 36.4 Å². The van der Waals surface area contributed by atoms with Crippen LogP contribution < -0.4 is 0 Å². The van der Waals surface area contributed by atoms with Crippen molar-refractivity contribution in [1.29, 1.82) is 0 Å². The van der Waals surface area contributed by atoms with Gasteiger partial charge in [-0.3, -0.25) is 4.79 Å². The Bertz CT molecular complexity index is 966. The molecule has 0 radical (unpaired) electrons. The Hall–Kier alpha value is -3.16. The average Bonchev–Trinajstić information content (AvgIpc) is 2.91. The molecule has 1 aliphatic heterocycles. The predicted molar refractivity (Wildman–Crippen MR) is 126 cm³/mol. The molecule has 3 rings (SSSR count). The molecule has 1 aliphatic carbocycles. The lowest BCUT2D eigenvalue weighted by atomic mass is 9.72. The van der Waals surface area contributed by atoms with Gasteiger partial charge in [-0.1, -0.05) is 32.1 Å². The molecule has 8 nitrogen and oxygen atoms in total. The van der Waals surface area contributed by atoms with Crippen molar-refractivity contribution in [3.8, 4) is 0 Å². The van der Waals surface area contributed by atoms with E-state index in [1.165, 1.54) is 12.1 Å². The number of carbonyl (C=O) groups is 4. The maximum absolute atomic E-state index is 12.5. The number of hydrogen-bond acceptors (Lipinski definition) is 8. The second kappa shape index (κ2) is 11.5. The number of carbonyl (C=O) groups excluding carboxylic acids is 4. The molecule has 2 fully saturated rings. The lowest BCUT2D eigenvalue weighted by molar-refractivity contribution is -0.169. The molecular formula is C27H34O8. The molecule has 1 aromatic rings. The Balaban J connectivity index is 1.54. The Labute approximate surface area is 205 Å². The second-order valence-electron chi connectivity index (χ2n) is 9.56. The van der Waals surface area contributed by atoms with Crippen molar-refractivity contribution < 1.29 is 38.1 Å². The fourth-order valence-electron chi connectivity index (χ4n) is 4.81. The number of hydrogen-bond donors (Lipinski definition) is 0. The fraction of sp³-hybridized carbons (Fsp3) is 0.556. The van der Waals surface area contributed by atoms with Gasteiger partial charge in [-0.15, -0.1) is 0 Å². The molecule has 190 valence electrons. The summed E-state index contributed by atoms with van der Waals surface area (Å²) in [6.45, 7) is 10.1. The third kappa shape index (κ3) is 6.71. The Morgan fingerprint density at radius 1 is 1.14 bits per heavy atom. The number of fused-ring (bicyclic) bond motifs is 2. The van der Waals surface area contributed by atoms with E-state index in [0.29, 0.717) is 23.5 Å². The largest absolute Gasteiger partial charge is 0.458 e. The zero-order valence-electron chi connectivity index (χ0n) is 20.8. The summed E-state index contributed by atoms with van der Waals surface area (Å²) in [6, 6.07) is 6.37. The minimum absolute atomic E-state index is 0.0355. The molecule has 0 N–H and O–H groups in total. The first-order valence-electron chi connectivity index (χ1n) is 12.1. The van der Waals surface area contributed by atoms with E-state index in [-0.39, 0.29) is 23.4 Å². The van der Waals surface area contributed by atoms with Gasteiger partial charge in [0, 0.05) is 11.5 Å². The van der Waals surface area contributed by atoms with Crippen LogP contribution in [0.4, 0.5) is 0 Å². The zero-order valence-corrected chi connectivity index (χ0v) is 20.8. The van der Waals surface area contributed by atoms with Crippen molar-refractivity contribution in [2.24, 2.45) is 17.8 Å². The van der Waals surface area contributed by atoms with Crippen LogP contribution in [0.25, 0.3) is 0 Å². The first kappa shape index (κ1) is 26.4. The molecule has 1 saturated carbocycles. The molecule has 6 atom stereocenters. The van der Waals surface area contributed by atoms with Gasteiger partial charge in [0.15, 0.2) is 6.61 Å². The van der Waals surface area contributed by atoms with Crippen LogP contribution in [0.3, 0.4) is 0 Å². The first-order chi connectivity index (χ1) is 16.6. The number of ether oxygens (including phenoxy) is 4. The SMILES string of the molecule is C=C(C)C(=O)OC(C)c1ccc(C(=O)OCC(=O)OC2C3CC(CC)CC(C3)C(=O)OC2C)cc1. The van der Waals surface area contributed by atoms with E-state index in [9.17, 15) is 19.2 Å². The van der Waals surface area contributed by atoms with Crippen LogP contribution in [0.2, 0.25) is 0 Å². The van der Waals surface area contributed by atoms with Crippen LogP contribution in [0, 0.1) is 17.8 Å². The highest BCUT2D eigenvalue weighted by atomic mass is 16.6. The van der Waals surface area contributed by atoms with E-state index < -0.39 is 42.8 Å². The molecule has 8 heteroatoms. The highest BCUT2D eigenvalue weighted by molar-refractivity contribution is 5.91. The summed E-state index contributed by atoms with van der Waals surface area (Å²) < 4.78 is 21.6. The summed E-state index contributed by atoms with van der Waals surface area (Å²) in [5.41, 5.74) is 1.25. The van der Waals surface area contributed by atoms with Gasteiger partial charge in [0.25, 0.3) is 0 Å². The van der Waals surface area contributed by atoms with Crippen LogP contribution in [-0.2, 0) is 33.3 Å². The fourth-order valence-corrected chi connectivity index (χ4v) is 4.81. The molecule has 0 spiro atoms. The molecule has 2 aliphatic rings. The average molecular weight is 487 g/mol. The normalized spacial score (nSPS) is 26.5. The van der Waals surface area contributed by atoms with Crippen LogP contribution in [0.1, 0.15) is 75.4 Å². The van der Waals surface area contributed by atoms with E-state index in [0.717, 1.165) is 19.3 Å². The Morgan fingerprint density at radius 3 is 2.46 bits per heavy atom. The minimum Gasteiger partial charge on any atom is -0.458 e. The lowest BCUT2D eigenvalue weighted by Gasteiger charge is -2.34. The van der Waals surface area contributed by atoms with Crippen molar-refractivity contribution in [3.63, 3.8) is 0 Å². The third-order valence-corrected chi connectivity index (χ3v) is 6.82. The smallest absolute Gasteiger partial charge is 0.344 e. The monoisotopic (exact) mass is 486 g/mol. The summed E-state index contributed by atoms with van der Waals surface area (Å²) in [6.07, 6.45) is 1.66. The highest BCUT2D eigenvalue weighted by Gasteiger charge is 2.44. The van der Waals surface area contributed by atoms with Gasteiger partial charge in [0.05, 0.1) is 11.5 Å². The van der Waals surface area contributed by atoms with E-state index in [1.54, 1.807) is 32.9 Å². The van der Waals surface area contributed by atoms with Crippen molar-refractivity contribution in [2.45, 2.75) is 71.7 Å². The van der Waals surface area contributed by atoms with Gasteiger partial charge in [-0.25, -0.2) is 14.4 Å². The van der Waals surface area contributed by atoms with Crippen LogP contribution in [0.5, 0.6) is 0 Å². The molecule has 0 aromatic heterocycles. The van der Waals surface area contributed by atoms with Gasteiger partial charge in [0.2, 0.25) is 0 Å². The Morgan fingerprint density at radius 2 is 1.83 bits per heavy atom. The highest BCUT2D eigenvalue weighted by Crippen LogP contribution is 2.41. The molecule has 0 amide bonds. The van der Waals surface area contributed by atoms with Crippen LogP contribution in [-0.4, -0.2) is 42.7 Å². The van der Waals surface area contributed by atoms with Gasteiger partial charge in [-0.05, 0) is 63.6 Å². The minimum atomic E-state index is -0.680. The zero-order chi connectivity index (χ0) is 25.7. The molecule has 35 heavy (non-hydrogen) atoms. The molecule has 6 unspecified atom stereocenters. The van der Waals surface area contributed by atoms with Crippen molar-refractivity contribution in [2.75, 3.05) is 6.61 Å². The van der Waals surface area contributed by atoms with Crippen molar-refractivity contribution >= 4 is 23.9 Å². The Kier molecular flexibility index (Phi) is 8.70. The lowest BCUT2D eigenvalue weighted by Crippen LogP contribution is -2.39. The molecule has 1 saturated heterocycles. The topological polar surface area (TPSA) is 105 Å². The van der Waals surface area contributed by atoms with Crippen LogP contribution >= 0.6 is 0 Å². The van der Waals surface area contributed by atoms with E-state index in [4.69, 9.17) is 18.9 Å². The standard InChI is InChI=1S/C27H34O8/c1-6-18-11-21-13-22(12-18)27(31)34-17(5)24(21)35-23(28)14-32-26(30)20-9-7-19(8-10-20)16(4)33-25(29)15(2)3/h7-10,16-18,21-22,24H,2,6,11-14H2,1,3-5H3. The third-order valence-electron chi connectivity index (χ3n) is 6.82. The summed E-state index contributed by atoms with van der Waals surface area (Å²) >= 11 is 0. The second-order valence-corrected chi connectivity index (χ2v) is 9.56. The summed E-state index contributed by atoms with van der Waals surface area (Å²) in [5.74, 6) is -1.80. The summed E-state index contributed by atoms with van der Waals surface area (Å²) in [4.78, 5) is 49.0. The quantitative estimate of drug-likeness (QED) is 0.304.